The van der Waals surface area contributed by atoms with Crippen molar-refractivity contribution in [1.82, 2.24) is 20.5 Å². The number of rotatable bonds is 5. The Morgan fingerprint density at radius 1 is 1.36 bits per heavy atom. The number of H-pyrrole nitrogens is 2. The zero-order valence-electron chi connectivity index (χ0n) is 11.7. The average Bonchev–Trinajstić information content (AvgIpc) is 2.89. The van der Waals surface area contributed by atoms with Gasteiger partial charge in [-0.25, -0.2) is 9.89 Å². The molecule has 2 rings (SSSR count). The number of halogens is 3. The molecule has 0 unspecified atom stereocenters. The van der Waals surface area contributed by atoms with Crippen molar-refractivity contribution in [2.24, 2.45) is 5.92 Å². The maximum absolute atomic E-state index is 12.2. The molecule has 0 aromatic carbocycles. The molecule has 1 fully saturated rings. The van der Waals surface area contributed by atoms with E-state index in [-0.39, 0.29) is 18.3 Å². The predicted molar refractivity (Wildman–Crippen MR) is 69.3 cm³/mol. The molecular weight excluding hydrogens is 305 g/mol. The van der Waals surface area contributed by atoms with Gasteiger partial charge in [0.2, 0.25) is 5.82 Å². The summed E-state index contributed by atoms with van der Waals surface area (Å²) in [5, 5.41) is 8.10. The fraction of sp³-hybridized carbons (Fsp3) is 0.750. The van der Waals surface area contributed by atoms with Crippen LogP contribution >= 0.6 is 0 Å². The van der Waals surface area contributed by atoms with Crippen LogP contribution in [0.1, 0.15) is 36.3 Å². The Bertz CT molecular complexity index is 554. The van der Waals surface area contributed by atoms with Crippen molar-refractivity contribution in [3.05, 3.63) is 16.3 Å². The minimum absolute atomic E-state index is 0.159. The van der Waals surface area contributed by atoms with Gasteiger partial charge in [0.15, 0.2) is 0 Å². The molecule has 3 N–H and O–H groups in total. The molecule has 1 aliphatic carbocycles. The van der Waals surface area contributed by atoms with Crippen molar-refractivity contribution in [1.29, 1.82) is 0 Å². The summed E-state index contributed by atoms with van der Waals surface area (Å²) < 4.78 is 41.7. The Morgan fingerprint density at radius 3 is 2.73 bits per heavy atom. The second-order valence-corrected chi connectivity index (χ2v) is 5.25. The van der Waals surface area contributed by atoms with Gasteiger partial charge in [0.1, 0.15) is 6.61 Å². The second kappa shape index (κ2) is 6.95. The third-order valence-electron chi connectivity index (χ3n) is 3.54. The van der Waals surface area contributed by atoms with Crippen molar-refractivity contribution in [2.45, 2.75) is 38.0 Å². The molecule has 1 saturated carbocycles. The molecule has 1 aromatic rings. The molecule has 0 bridgehead atoms. The minimum Gasteiger partial charge on any atom is -0.368 e. The standard InChI is InChI=1S/C12H17F3N4O3/c13-12(14,15)6-22-8-4-2-1-3-7(8)5-16-10(20)9-17-11(21)19-18-9/h7-8H,1-6H2,(H,16,20)(H2,17,18,19,21)/t7-,8-/m0/s1. The van der Waals surface area contributed by atoms with Gasteiger partial charge in [-0.1, -0.05) is 12.8 Å². The molecule has 1 aromatic heterocycles. The molecule has 22 heavy (non-hydrogen) atoms. The van der Waals surface area contributed by atoms with Gasteiger partial charge < -0.3 is 10.1 Å². The molecular formula is C12H17F3N4O3. The fourth-order valence-corrected chi connectivity index (χ4v) is 2.51. The maximum atomic E-state index is 12.2. The highest BCUT2D eigenvalue weighted by molar-refractivity contribution is 5.90. The van der Waals surface area contributed by atoms with Crippen molar-refractivity contribution in [3.8, 4) is 0 Å². The molecule has 124 valence electrons. The van der Waals surface area contributed by atoms with Crippen molar-refractivity contribution in [2.75, 3.05) is 13.2 Å². The van der Waals surface area contributed by atoms with Crippen LogP contribution in [0.3, 0.4) is 0 Å². The summed E-state index contributed by atoms with van der Waals surface area (Å²) in [5.41, 5.74) is -0.603. The van der Waals surface area contributed by atoms with Gasteiger partial charge in [0.25, 0.3) is 5.91 Å². The van der Waals surface area contributed by atoms with Gasteiger partial charge in [-0.15, -0.1) is 5.10 Å². The van der Waals surface area contributed by atoms with Crippen LogP contribution in [0.25, 0.3) is 0 Å². The first kappa shape index (κ1) is 16.5. The summed E-state index contributed by atoms with van der Waals surface area (Å²) in [6.07, 6.45) is -1.99. The van der Waals surface area contributed by atoms with E-state index in [1.165, 1.54) is 0 Å². The van der Waals surface area contributed by atoms with Crippen LogP contribution in [0.2, 0.25) is 0 Å². The van der Waals surface area contributed by atoms with E-state index in [1.54, 1.807) is 0 Å². The van der Waals surface area contributed by atoms with Gasteiger partial charge in [0, 0.05) is 12.5 Å². The van der Waals surface area contributed by atoms with E-state index in [0.717, 1.165) is 12.8 Å². The van der Waals surface area contributed by atoms with Crippen molar-refractivity contribution >= 4 is 5.91 Å². The van der Waals surface area contributed by atoms with Gasteiger partial charge in [0.05, 0.1) is 6.10 Å². The highest BCUT2D eigenvalue weighted by Crippen LogP contribution is 2.28. The normalized spacial score (nSPS) is 22.5. The number of hydrogen-bond acceptors (Lipinski definition) is 4. The summed E-state index contributed by atoms with van der Waals surface area (Å²) in [6.45, 7) is -1.11. The van der Waals surface area contributed by atoms with Crippen LogP contribution in [-0.2, 0) is 4.74 Å². The number of carbonyl (C=O) groups excluding carboxylic acids is 1. The Hall–Kier alpha value is -1.84. The largest absolute Gasteiger partial charge is 0.411 e. The van der Waals surface area contributed by atoms with Gasteiger partial charge in [-0.05, 0) is 12.8 Å². The lowest BCUT2D eigenvalue weighted by molar-refractivity contribution is -0.193. The molecule has 1 aliphatic rings. The monoisotopic (exact) mass is 322 g/mol. The summed E-state index contributed by atoms with van der Waals surface area (Å²) in [5.74, 6) is -0.933. The lowest BCUT2D eigenvalue weighted by Crippen LogP contribution is -2.39. The Morgan fingerprint density at radius 2 is 2.09 bits per heavy atom. The number of alkyl halides is 3. The van der Waals surface area contributed by atoms with Gasteiger partial charge in [-0.2, -0.15) is 13.2 Å². The average molecular weight is 322 g/mol. The summed E-state index contributed by atoms with van der Waals surface area (Å²) in [7, 11) is 0. The third kappa shape index (κ3) is 4.86. The van der Waals surface area contributed by atoms with Crippen LogP contribution in [0.5, 0.6) is 0 Å². The lowest BCUT2D eigenvalue weighted by Gasteiger charge is -2.31. The number of aromatic nitrogens is 3. The fourth-order valence-electron chi connectivity index (χ4n) is 2.51. The van der Waals surface area contributed by atoms with E-state index < -0.39 is 30.5 Å². The lowest BCUT2D eigenvalue weighted by atomic mass is 9.86. The first-order chi connectivity index (χ1) is 10.3. The number of nitrogens with zero attached hydrogens (tertiary/aromatic N) is 1. The minimum atomic E-state index is -4.36. The summed E-state index contributed by atoms with van der Waals surface area (Å²) in [4.78, 5) is 24.8. The predicted octanol–water partition coefficient (Wildman–Crippen LogP) is 0.965. The van der Waals surface area contributed by atoms with E-state index >= 15 is 0 Å². The summed E-state index contributed by atoms with van der Waals surface area (Å²) in [6, 6.07) is 0. The number of hydrogen-bond donors (Lipinski definition) is 3. The topological polar surface area (TPSA) is 99.9 Å². The molecule has 0 radical (unpaired) electrons. The van der Waals surface area contributed by atoms with E-state index in [1.807, 2.05) is 0 Å². The molecule has 10 heteroatoms. The van der Waals surface area contributed by atoms with Crippen LogP contribution in [0, 0.1) is 5.92 Å². The van der Waals surface area contributed by atoms with E-state index in [9.17, 15) is 22.8 Å². The van der Waals surface area contributed by atoms with Gasteiger partial charge >= 0.3 is 11.9 Å². The van der Waals surface area contributed by atoms with Crippen LogP contribution < -0.4 is 11.0 Å². The van der Waals surface area contributed by atoms with Crippen molar-refractivity contribution < 1.29 is 22.7 Å². The van der Waals surface area contributed by atoms with Crippen molar-refractivity contribution in [3.63, 3.8) is 0 Å². The van der Waals surface area contributed by atoms with Crippen LogP contribution in [0.4, 0.5) is 13.2 Å². The first-order valence-corrected chi connectivity index (χ1v) is 6.96. The highest BCUT2D eigenvalue weighted by atomic mass is 19.4. The van der Waals surface area contributed by atoms with Gasteiger partial charge in [-0.3, -0.25) is 9.78 Å². The van der Waals surface area contributed by atoms with E-state index in [2.05, 4.69) is 20.5 Å². The molecule has 1 heterocycles. The molecule has 0 spiro atoms. The van der Waals surface area contributed by atoms with E-state index in [0.29, 0.717) is 12.8 Å². The maximum Gasteiger partial charge on any atom is 0.411 e. The zero-order chi connectivity index (χ0) is 16.2. The second-order valence-electron chi connectivity index (χ2n) is 5.25. The SMILES string of the molecule is O=C(NC[C@@H]1CCCC[C@@H]1OCC(F)(F)F)c1n[nH]c(=O)[nH]1. The number of nitrogens with one attached hydrogen (secondary N) is 3. The Labute approximate surface area is 123 Å². The molecule has 2 atom stereocenters. The number of ether oxygens (including phenoxy) is 1. The summed E-state index contributed by atoms with van der Waals surface area (Å²) >= 11 is 0. The zero-order valence-corrected chi connectivity index (χ0v) is 11.7. The molecule has 0 aliphatic heterocycles. The quantitative estimate of drug-likeness (QED) is 0.752. The molecule has 7 nitrogen and oxygen atoms in total. The third-order valence-corrected chi connectivity index (χ3v) is 3.54. The first-order valence-electron chi connectivity index (χ1n) is 6.96. The van der Waals surface area contributed by atoms with Crippen LogP contribution in [-0.4, -0.2) is 46.5 Å². The van der Waals surface area contributed by atoms with Crippen LogP contribution in [0.15, 0.2) is 4.79 Å². The molecule has 1 amide bonds. The highest BCUT2D eigenvalue weighted by Gasteiger charge is 2.33. The molecule has 0 saturated heterocycles. The Balaban J connectivity index is 1.85. The Kier molecular flexibility index (Phi) is 5.22. The number of amides is 1. The van der Waals surface area contributed by atoms with E-state index in [4.69, 9.17) is 4.74 Å². The number of carbonyl (C=O) groups is 1. The number of aromatic amines is 2. The smallest absolute Gasteiger partial charge is 0.368 e.